The lowest BCUT2D eigenvalue weighted by atomic mass is 10.1. The third kappa shape index (κ3) is 2.82. The van der Waals surface area contributed by atoms with Crippen molar-refractivity contribution in [2.24, 2.45) is 0 Å². The molecule has 1 heterocycles. The van der Waals surface area contributed by atoms with Gasteiger partial charge in [0.25, 0.3) is 0 Å². The van der Waals surface area contributed by atoms with Crippen molar-refractivity contribution in [2.45, 2.75) is 13.5 Å². The van der Waals surface area contributed by atoms with Crippen LogP contribution in [0.1, 0.15) is 16.7 Å². The number of anilines is 1. The van der Waals surface area contributed by atoms with Crippen LogP contribution in [0.2, 0.25) is 0 Å². The van der Waals surface area contributed by atoms with Gasteiger partial charge in [-0.15, -0.1) is 0 Å². The molecule has 0 unspecified atom stereocenters. The summed E-state index contributed by atoms with van der Waals surface area (Å²) < 4.78 is 0. The van der Waals surface area contributed by atoms with Crippen molar-refractivity contribution < 1.29 is 0 Å². The number of benzene rings is 1. The predicted octanol–water partition coefficient (Wildman–Crippen LogP) is 2.87. The Morgan fingerprint density at radius 1 is 1.29 bits per heavy atom. The molecule has 0 spiro atoms. The fourth-order valence-corrected chi connectivity index (χ4v) is 1.63. The maximum Gasteiger partial charge on any atom is 0.0995 e. The maximum absolute atomic E-state index is 8.97. The predicted molar refractivity (Wildman–Crippen MR) is 67.5 cm³/mol. The van der Waals surface area contributed by atoms with E-state index in [1.807, 2.05) is 43.5 Å². The highest BCUT2D eigenvalue weighted by molar-refractivity contribution is 5.45. The van der Waals surface area contributed by atoms with Crippen LogP contribution in [0.4, 0.5) is 5.69 Å². The highest BCUT2D eigenvalue weighted by Gasteiger charge is 2.00. The zero-order valence-electron chi connectivity index (χ0n) is 9.64. The minimum Gasteiger partial charge on any atom is -0.380 e. The van der Waals surface area contributed by atoms with Crippen LogP contribution >= 0.6 is 0 Å². The van der Waals surface area contributed by atoms with E-state index >= 15 is 0 Å². The Bertz CT molecular complexity index is 555. The molecule has 2 aromatic rings. The number of hydrogen-bond donors (Lipinski definition) is 1. The summed E-state index contributed by atoms with van der Waals surface area (Å²) in [5, 5.41) is 12.2. The molecule has 3 nitrogen and oxygen atoms in total. The first-order chi connectivity index (χ1) is 8.29. The van der Waals surface area contributed by atoms with E-state index in [1.54, 1.807) is 6.20 Å². The van der Waals surface area contributed by atoms with E-state index < -0.39 is 0 Å². The molecule has 0 saturated heterocycles. The lowest BCUT2D eigenvalue weighted by Gasteiger charge is -2.07. The lowest BCUT2D eigenvalue weighted by Crippen LogP contribution is -2.01. The standard InChI is InChI=1S/C14H13N3/c1-11-6-14(10-16-8-11)17-9-13-5-3-2-4-12(13)7-15/h2-6,8,10,17H,9H2,1H3. The van der Waals surface area contributed by atoms with Gasteiger partial charge in [-0.25, -0.2) is 0 Å². The van der Waals surface area contributed by atoms with Crippen molar-refractivity contribution in [1.82, 2.24) is 4.98 Å². The monoisotopic (exact) mass is 223 g/mol. The molecule has 3 heteroatoms. The van der Waals surface area contributed by atoms with Crippen molar-refractivity contribution in [1.29, 1.82) is 5.26 Å². The van der Waals surface area contributed by atoms with Gasteiger partial charge < -0.3 is 5.32 Å². The highest BCUT2D eigenvalue weighted by atomic mass is 14.9. The van der Waals surface area contributed by atoms with Gasteiger partial charge in [0, 0.05) is 18.9 Å². The van der Waals surface area contributed by atoms with Gasteiger partial charge in [-0.3, -0.25) is 4.98 Å². The summed E-state index contributed by atoms with van der Waals surface area (Å²) in [6.45, 7) is 2.64. The molecule has 0 aliphatic heterocycles. The van der Waals surface area contributed by atoms with E-state index in [0.29, 0.717) is 12.1 Å². The summed E-state index contributed by atoms with van der Waals surface area (Å²) in [5.74, 6) is 0. The SMILES string of the molecule is Cc1cncc(NCc2ccccc2C#N)c1. The van der Waals surface area contributed by atoms with Crippen molar-refractivity contribution in [2.75, 3.05) is 5.32 Å². The maximum atomic E-state index is 8.97. The number of aromatic nitrogens is 1. The second-order valence-electron chi connectivity index (χ2n) is 3.87. The Labute approximate surface area is 101 Å². The van der Waals surface area contributed by atoms with Crippen molar-refractivity contribution >= 4 is 5.69 Å². The van der Waals surface area contributed by atoms with E-state index in [-0.39, 0.29) is 0 Å². The van der Waals surface area contributed by atoms with E-state index in [1.165, 1.54) is 0 Å². The molecule has 1 aromatic carbocycles. The van der Waals surface area contributed by atoms with Crippen molar-refractivity contribution in [3.63, 3.8) is 0 Å². The Kier molecular flexibility index (Phi) is 3.37. The molecule has 2 rings (SSSR count). The molecule has 84 valence electrons. The van der Waals surface area contributed by atoms with Gasteiger partial charge in [0.05, 0.1) is 17.3 Å². The molecule has 0 amide bonds. The number of rotatable bonds is 3. The summed E-state index contributed by atoms with van der Waals surface area (Å²) >= 11 is 0. The summed E-state index contributed by atoms with van der Waals surface area (Å²) in [6, 6.07) is 11.8. The average molecular weight is 223 g/mol. The first-order valence-corrected chi connectivity index (χ1v) is 5.43. The molecule has 0 atom stereocenters. The number of aryl methyl sites for hydroxylation is 1. The summed E-state index contributed by atoms with van der Waals surface area (Å²) in [6.07, 6.45) is 3.59. The van der Waals surface area contributed by atoms with E-state index in [0.717, 1.165) is 16.8 Å². The number of hydrogen-bond acceptors (Lipinski definition) is 3. The topological polar surface area (TPSA) is 48.7 Å². The van der Waals surface area contributed by atoms with Gasteiger partial charge in [0.15, 0.2) is 0 Å². The number of nitriles is 1. The van der Waals surface area contributed by atoms with Crippen molar-refractivity contribution in [3.8, 4) is 6.07 Å². The van der Waals surface area contributed by atoms with Gasteiger partial charge in [0.1, 0.15) is 0 Å². The second kappa shape index (κ2) is 5.13. The second-order valence-corrected chi connectivity index (χ2v) is 3.87. The minimum atomic E-state index is 0.634. The average Bonchev–Trinajstić information content (AvgIpc) is 2.37. The van der Waals surface area contributed by atoms with Gasteiger partial charge >= 0.3 is 0 Å². The minimum absolute atomic E-state index is 0.634. The molecule has 0 fully saturated rings. The van der Waals surface area contributed by atoms with E-state index in [9.17, 15) is 0 Å². The van der Waals surface area contributed by atoms with E-state index in [4.69, 9.17) is 5.26 Å². The van der Waals surface area contributed by atoms with Crippen LogP contribution in [0, 0.1) is 18.3 Å². The van der Waals surface area contributed by atoms with Crippen LogP contribution < -0.4 is 5.32 Å². The highest BCUT2D eigenvalue weighted by Crippen LogP contribution is 2.12. The first kappa shape index (κ1) is 11.2. The molecule has 17 heavy (non-hydrogen) atoms. The molecule has 0 radical (unpaired) electrons. The number of pyridine rings is 1. The van der Waals surface area contributed by atoms with E-state index in [2.05, 4.69) is 16.4 Å². The largest absolute Gasteiger partial charge is 0.380 e. The fraction of sp³-hybridized carbons (Fsp3) is 0.143. The Balaban J connectivity index is 2.10. The normalized spacial score (nSPS) is 9.65. The first-order valence-electron chi connectivity index (χ1n) is 5.43. The molecular formula is C14H13N3. The molecule has 0 saturated carbocycles. The Morgan fingerprint density at radius 2 is 2.12 bits per heavy atom. The van der Waals surface area contributed by atoms with Crippen LogP contribution in [0.3, 0.4) is 0 Å². The molecule has 0 aliphatic rings. The zero-order valence-corrected chi connectivity index (χ0v) is 9.64. The fourth-order valence-electron chi connectivity index (χ4n) is 1.63. The smallest absolute Gasteiger partial charge is 0.0995 e. The quantitative estimate of drug-likeness (QED) is 0.870. The molecule has 1 aromatic heterocycles. The van der Waals surface area contributed by atoms with Crippen LogP contribution in [0.15, 0.2) is 42.7 Å². The Morgan fingerprint density at radius 3 is 2.88 bits per heavy atom. The van der Waals surface area contributed by atoms with Crippen LogP contribution in [0.5, 0.6) is 0 Å². The summed E-state index contributed by atoms with van der Waals surface area (Å²) in [7, 11) is 0. The molecule has 0 bridgehead atoms. The third-order valence-electron chi connectivity index (χ3n) is 2.50. The molecule has 0 aliphatic carbocycles. The van der Waals surface area contributed by atoms with Gasteiger partial charge in [-0.2, -0.15) is 5.26 Å². The summed E-state index contributed by atoms with van der Waals surface area (Å²) in [4.78, 5) is 4.11. The lowest BCUT2D eigenvalue weighted by molar-refractivity contribution is 1.12. The van der Waals surface area contributed by atoms with Gasteiger partial charge in [-0.1, -0.05) is 18.2 Å². The Hall–Kier alpha value is -2.34. The van der Waals surface area contributed by atoms with Crippen LogP contribution in [-0.4, -0.2) is 4.98 Å². The van der Waals surface area contributed by atoms with Crippen LogP contribution in [-0.2, 0) is 6.54 Å². The van der Waals surface area contributed by atoms with Crippen molar-refractivity contribution in [3.05, 3.63) is 59.4 Å². The zero-order chi connectivity index (χ0) is 12.1. The van der Waals surface area contributed by atoms with Gasteiger partial charge in [-0.05, 0) is 30.2 Å². The third-order valence-corrected chi connectivity index (χ3v) is 2.50. The molecular weight excluding hydrogens is 210 g/mol. The number of nitrogens with zero attached hydrogens (tertiary/aromatic N) is 2. The summed E-state index contributed by atoms with van der Waals surface area (Å²) in [5.41, 5.74) is 3.79. The van der Waals surface area contributed by atoms with Crippen LogP contribution in [0.25, 0.3) is 0 Å². The molecule has 1 N–H and O–H groups in total. The number of nitrogens with one attached hydrogen (secondary N) is 1. The van der Waals surface area contributed by atoms with Gasteiger partial charge in [0.2, 0.25) is 0 Å².